The van der Waals surface area contributed by atoms with Crippen molar-refractivity contribution in [3.05, 3.63) is 175 Å². The van der Waals surface area contributed by atoms with E-state index in [1.54, 1.807) is 0 Å². The minimum atomic E-state index is 0.631. The van der Waals surface area contributed by atoms with Crippen LogP contribution in [0.5, 0.6) is 0 Å². The molecule has 214 valence electrons. The zero-order valence-electron chi connectivity index (χ0n) is 24.9. The number of nitrogens with zero attached hydrogens (tertiary/aromatic N) is 3. The molecule has 3 nitrogen and oxygen atoms in total. The van der Waals surface area contributed by atoms with Crippen LogP contribution >= 0.6 is 0 Å². The Morgan fingerprint density at radius 2 is 0.870 bits per heavy atom. The molecular weight excluding hydrogens is 558 g/mol. The molecule has 0 unspecified atom stereocenters. The van der Waals surface area contributed by atoms with Crippen LogP contribution in [-0.2, 0) is 0 Å². The van der Waals surface area contributed by atoms with Crippen LogP contribution in [0.2, 0.25) is 0 Å². The number of hydrogen-bond acceptors (Lipinski definition) is 0. The molecule has 0 amide bonds. The molecule has 7 aromatic carbocycles. The van der Waals surface area contributed by atoms with Crippen molar-refractivity contribution in [3.8, 4) is 33.6 Å². The number of hydrogen-bond donors (Lipinski definition) is 0. The highest BCUT2D eigenvalue weighted by Gasteiger charge is 2.19. The summed E-state index contributed by atoms with van der Waals surface area (Å²) in [6, 6.07) is 57.7. The average molecular weight is 586 g/mol. The van der Waals surface area contributed by atoms with Crippen LogP contribution in [0.15, 0.2) is 164 Å². The van der Waals surface area contributed by atoms with Crippen LogP contribution in [0.3, 0.4) is 0 Å². The SMILES string of the molecule is [C-]#[N+]c1cccc(-c2ccc(-c3cccc(-n4c5ccccc5c5ccccc54)c3)cc2)c1-n1c2ccccc2c2ccccc21. The molecule has 0 atom stereocenters. The highest BCUT2D eigenvalue weighted by molar-refractivity contribution is 6.11. The normalized spacial score (nSPS) is 11.5. The number of rotatable bonds is 4. The Bertz CT molecular complexity index is 2540. The third kappa shape index (κ3) is 3.91. The van der Waals surface area contributed by atoms with Gasteiger partial charge in [0.1, 0.15) is 0 Å². The van der Waals surface area contributed by atoms with Gasteiger partial charge in [-0.25, -0.2) is 4.85 Å². The van der Waals surface area contributed by atoms with Crippen molar-refractivity contribution in [2.75, 3.05) is 0 Å². The lowest BCUT2D eigenvalue weighted by Gasteiger charge is -2.16. The average Bonchev–Trinajstić information content (AvgIpc) is 3.64. The lowest BCUT2D eigenvalue weighted by Crippen LogP contribution is -1.97. The van der Waals surface area contributed by atoms with E-state index in [0.29, 0.717) is 5.69 Å². The van der Waals surface area contributed by atoms with Crippen molar-refractivity contribution in [3.63, 3.8) is 0 Å². The Kier molecular flexibility index (Phi) is 5.88. The molecule has 2 aromatic heterocycles. The van der Waals surface area contributed by atoms with Gasteiger partial charge in [0.05, 0.1) is 34.3 Å². The molecule has 2 heterocycles. The molecule has 9 aromatic rings. The molecule has 0 N–H and O–H groups in total. The van der Waals surface area contributed by atoms with Crippen molar-refractivity contribution >= 4 is 49.3 Å². The Labute approximate surface area is 266 Å². The maximum Gasteiger partial charge on any atom is 0.211 e. The molecule has 9 rings (SSSR count). The van der Waals surface area contributed by atoms with Gasteiger partial charge in [-0.1, -0.05) is 127 Å². The largest absolute Gasteiger partial charge is 0.318 e. The summed E-state index contributed by atoms with van der Waals surface area (Å²) in [6.07, 6.45) is 0. The molecule has 0 saturated heterocycles. The van der Waals surface area contributed by atoms with E-state index in [9.17, 15) is 0 Å². The molecule has 0 spiro atoms. The summed E-state index contributed by atoms with van der Waals surface area (Å²) in [5, 5.41) is 4.88. The number of benzene rings is 7. The first-order chi connectivity index (χ1) is 22.8. The standard InChI is InChI=1S/C43H27N3/c1-44-38-19-11-18-33(43(38)46-41-22-8-4-16-36(41)37-17-5-9-23-42(37)46)30-26-24-29(25-27-30)31-12-10-13-32(28-31)45-39-20-6-2-14-34(39)35-15-3-7-21-40(35)45/h2-28H. The Morgan fingerprint density at radius 3 is 1.41 bits per heavy atom. The predicted molar refractivity (Wildman–Crippen MR) is 192 cm³/mol. The fraction of sp³-hybridized carbons (Fsp3) is 0. The van der Waals surface area contributed by atoms with Crippen molar-refractivity contribution in [1.82, 2.24) is 9.13 Å². The summed E-state index contributed by atoms with van der Waals surface area (Å²) < 4.78 is 4.62. The number of para-hydroxylation sites is 5. The fourth-order valence-electron chi connectivity index (χ4n) is 7.12. The third-order valence-electron chi connectivity index (χ3n) is 9.15. The minimum Gasteiger partial charge on any atom is -0.318 e. The van der Waals surface area contributed by atoms with Crippen LogP contribution in [0.4, 0.5) is 5.69 Å². The summed E-state index contributed by atoms with van der Waals surface area (Å²) in [7, 11) is 0. The lowest BCUT2D eigenvalue weighted by atomic mass is 9.98. The van der Waals surface area contributed by atoms with E-state index >= 15 is 0 Å². The molecule has 0 fully saturated rings. The molecule has 0 bridgehead atoms. The molecule has 46 heavy (non-hydrogen) atoms. The van der Waals surface area contributed by atoms with Crippen LogP contribution in [0.1, 0.15) is 0 Å². The first kappa shape index (κ1) is 26.1. The van der Waals surface area contributed by atoms with Crippen molar-refractivity contribution in [1.29, 1.82) is 0 Å². The van der Waals surface area contributed by atoms with Gasteiger partial charge in [-0.2, -0.15) is 0 Å². The van der Waals surface area contributed by atoms with E-state index in [1.165, 1.54) is 32.6 Å². The highest BCUT2D eigenvalue weighted by Crippen LogP contribution is 2.41. The van der Waals surface area contributed by atoms with E-state index < -0.39 is 0 Å². The molecule has 3 heteroatoms. The van der Waals surface area contributed by atoms with Gasteiger partial charge in [0.15, 0.2) is 0 Å². The summed E-state index contributed by atoms with van der Waals surface area (Å²) >= 11 is 0. The number of aromatic nitrogens is 2. The van der Waals surface area contributed by atoms with Gasteiger partial charge >= 0.3 is 0 Å². The van der Waals surface area contributed by atoms with Gasteiger partial charge in [0.25, 0.3) is 0 Å². The topological polar surface area (TPSA) is 14.2 Å². The maximum absolute atomic E-state index is 8.10. The third-order valence-corrected chi connectivity index (χ3v) is 9.15. The monoisotopic (exact) mass is 585 g/mol. The van der Waals surface area contributed by atoms with Crippen molar-refractivity contribution < 1.29 is 0 Å². The fourth-order valence-corrected chi connectivity index (χ4v) is 7.12. The van der Waals surface area contributed by atoms with Gasteiger partial charge in [-0.15, -0.1) is 0 Å². The van der Waals surface area contributed by atoms with E-state index in [2.05, 4.69) is 166 Å². The molecule has 0 aliphatic heterocycles. The second-order valence-electron chi connectivity index (χ2n) is 11.7. The van der Waals surface area contributed by atoms with Crippen molar-refractivity contribution in [2.24, 2.45) is 0 Å². The van der Waals surface area contributed by atoms with Crippen LogP contribution in [0, 0.1) is 6.57 Å². The van der Waals surface area contributed by atoms with Gasteiger partial charge in [-0.3, -0.25) is 0 Å². The molecule has 0 radical (unpaired) electrons. The molecular formula is C43H27N3. The van der Waals surface area contributed by atoms with Crippen LogP contribution < -0.4 is 0 Å². The minimum absolute atomic E-state index is 0.631. The van der Waals surface area contributed by atoms with Crippen molar-refractivity contribution in [2.45, 2.75) is 0 Å². The van der Waals surface area contributed by atoms with Gasteiger partial charge < -0.3 is 9.13 Å². The Hall–Kier alpha value is -6.37. The van der Waals surface area contributed by atoms with E-state index in [-0.39, 0.29) is 0 Å². The summed E-state index contributed by atoms with van der Waals surface area (Å²) in [5.74, 6) is 0. The first-order valence-corrected chi connectivity index (χ1v) is 15.5. The summed E-state index contributed by atoms with van der Waals surface area (Å²) in [5.41, 5.74) is 11.7. The van der Waals surface area contributed by atoms with E-state index in [1.807, 2.05) is 12.1 Å². The highest BCUT2D eigenvalue weighted by atomic mass is 15.0. The van der Waals surface area contributed by atoms with Crippen LogP contribution in [0.25, 0.3) is 82.1 Å². The Balaban J connectivity index is 1.17. The molecule has 0 aliphatic rings. The van der Waals surface area contributed by atoms with Gasteiger partial charge in [0.2, 0.25) is 5.69 Å². The zero-order chi connectivity index (χ0) is 30.6. The molecule has 0 aliphatic carbocycles. The lowest BCUT2D eigenvalue weighted by molar-refractivity contribution is 1.18. The maximum atomic E-state index is 8.10. The van der Waals surface area contributed by atoms with Gasteiger partial charge in [0, 0.05) is 27.2 Å². The Morgan fingerprint density at radius 1 is 0.391 bits per heavy atom. The zero-order valence-corrected chi connectivity index (χ0v) is 24.9. The first-order valence-electron chi connectivity index (χ1n) is 15.5. The molecule has 0 saturated carbocycles. The number of fused-ring (bicyclic) bond motifs is 6. The second kappa shape index (κ2) is 10.4. The predicted octanol–water partition coefficient (Wildman–Crippen LogP) is 11.8. The summed E-state index contributed by atoms with van der Waals surface area (Å²) in [6.45, 7) is 8.10. The quantitative estimate of drug-likeness (QED) is 0.182. The van der Waals surface area contributed by atoms with Gasteiger partial charge in [-0.05, 0) is 58.7 Å². The van der Waals surface area contributed by atoms with Crippen LogP contribution in [-0.4, -0.2) is 9.13 Å². The smallest absolute Gasteiger partial charge is 0.211 e. The van der Waals surface area contributed by atoms with E-state index in [4.69, 9.17) is 6.57 Å². The summed E-state index contributed by atoms with van der Waals surface area (Å²) in [4.78, 5) is 4.00. The van der Waals surface area contributed by atoms with E-state index in [0.717, 1.165) is 44.7 Å². The second-order valence-corrected chi connectivity index (χ2v) is 11.7.